The molecule has 6 heteroatoms. The molecule has 2 amide bonds. The summed E-state index contributed by atoms with van der Waals surface area (Å²) in [6.07, 6.45) is 1.64. The zero-order chi connectivity index (χ0) is 16.0. The maximum atomic E-state index is 12.1. The highest BCUT2D eigenvalue weighted by molar-refractivity contribution is 6.03. The van der Waals surface area contributed by atoms with E-state index < -0.39 is 11.4 Å². The predicted molar refractivity (Wildman–Crippen MR) is 75.9 cm³/mol. The van der Waals surface area contributed by atoms with E-state index in [1.807, 2.05) is 19.1 Å². The van der Waals surface area contributed by atoms with Crippen molar-refractivity contribution in [3.05, 3.63) is 29.8 Å². The third kappa shape index (κ3) is 4.05. The van der Waals surface area contributed by atoms with Crippen LogP contribution in [-0.2, 0) is 19.8 Å². The Kier molecular flexibility index (Phi) is 5.46. The lowest BCUT2D eigenvalue weighted by Gasteiger charge is -2.34. The number of imide groups is 1. The number of carbonyl (C=O) groups excluding carboxylic acids is 3. The normalized spacial score (nSPS) is 21.0. The summed E-state index contributed by atoms with van der Waals surface area (Å²) < 4.78 is 0. The van der Waals surface area contributed by atoms with Crippen LogP contribution in [0.25, 0.3) is 0 Å². The summed E-state index contributed by atoms with van der Waals surface area (Å²) >= 11 is 0. The van der Waals surface area contributed by atoms with Crippen molar-refractivity contribution in [3.8, 4) is 0 Å². The molecule has 1 atom stereocenters. The van der Waals surface area contributed by atoms with E-state index in [0.717, 1.165) is 12.5 Å². The van der Waals surface area contributed by atoms with Crippen LogP contribution in [0.1, 0.15) is 38.7 Å². The number of amides is 2. The van der Waals surface area contributed by atoms with Crippen LogP contribution in [0.2, 0.25) is 0 Å². The van der Waals surface area contributed by atoms with Crippen molar-refractivity contribution in [1.29, 1.82) is 0 Å². The summed E-state index contributed by atoms with van der Waals surface area (Å²) in [4.78, 5) is 32.2. The van der Waals surface area contributed by atoms with Crippen LogP contribution in [0, 0.1) is 0 Å². The summed E-state index contributed by atoms with van der Waals surface area (Å²) in [6, 6.07) is 7.31. The number of carboxylic acid groups (broad SMARTS) is 1. The molecule has 1 fully saturated rings. The number of piperidine rings is 1. The first-order valence-corrected chi connectivity index (χ1v) is 6.69. The maximum absolute atomic E-state index is 12.1. The van der Waals surface area contributed by atoms with E-state index in [9.17, 15) is 9.59 Å². The second kappa shape index (κ2) is 6.88. The molecule has 21 heavy (non-hydrogen) atoms. The number of nitrogen functional groups attached to an aromatic ring is 1. The average molecular weight is 291 g/mol. The number of anilines is 1. The molecule has 2 rings (SSSR count). The highest BCUT2D eigenvalue weighted by Crippen LogP contribution is 2.35. The Morgan fingerprint density at radius 2 is 1.86 bits per heavy atom. The van der Waals surface area contributed by atoms with E-state index in [2.05, 4.69) is 5.32 Å². The van der Waals surface area contributed by atoms with Crippen molar-refractivity contribution in [2.24, 2.45) is 0 Å². The van der Waals surface area contributed by atoms with Gasteiger partial charge in [-0.15, -0.1) is 0 Å². The first-order valence-electron chi connectivity index (χ1n) is 6.69. The van der Waals surface area contributed by atoms with E-state index in [4.69, 9.17) is 15.6 Å². The number of hydrogen-bond acceptors (Lipinski definition) is 5. The minimum absolute atomic E-state index is 0.186. The molecule has 1 aromatic rings. The summed E-state index contributed by atoms with van der Waals surface area (Å²) in [7, 11) is 0. The van der Waals surface area contributed by atoms with Gasteiger partial charge in [-0.3, -0.25) is 14.9 Å². The van der Waals surface area contributed by atoms with Crippen LogP contribution in [0.3, 0.4) is 0 Å². The van der Waals surface area contributed by atoms with Gasteiger partial charge in [0.1, 0.15) is 0 Å². The Hall–Kier alpha value is -2.37. The molecule has 1 aliphatic rings. The molecule has 1 heterocycles. The molecule has 0 radical (unpaired) electrons. The SMILES string of the molecule is CC(=O)[O-].CCC1(c2ccc(N)cc2)CCC(=O)NC1=O. The molecule has 114 valence electrons. The molecule has 1 unspecified atom stereocenters. The zero-order valence-electron chi connectivity index (χ0n) is 12.1. The minimum atomic E-state index is -1.08. The van der Waals surface area contributed by atoms with E-state index in [1.54, 1.807) is 12.1 Å². The smallest absolute Gasteiger partial charge is 0.237 e. The van der Waals surface area contributed by atoms with Gasteiger partial charge in [-0.25, -0.2) is 0 Å². The van der Waals surface area contributed by atoms with Gasteiger partial charge in [0.15, 0.2) is 0 Å². The number of nitrogens with one attached hydrogen (secondary N) is 1. The molecular formula is C15H19N2O4-. The van der Waals surface area contributed by atoms with E-state index in [0.29, 0.717) is 24.9 Å². The molecule has 0 aliphatic carbocycles. The Bertz CT molecular complexity index is 535. The topological polar surface area (TPSA) is 112 Å². The van der Waals surface area contributed by atoms with Crippen molar-refractivity contribution in [1.82, 2.24) is 5.32 Å². The lowest BCUT2D eigenvalue weighted by molar-refractivity contribution is -0.302. The molecule has 1 saturated heterocycles. The predicted octanol–water partition coefficient (Wildman–Crippen LogP) is 0.109. The lowest BCUT2D eigenvalue weighted by atomic mass is 9.72. The third-order valence-corrected chi connectivity index (χ3v) is 3.53. The summed E-state index contributed by atoms with van der Waals surface area (Å²) in [5.41, 5.74) is 6.66. The van der Waals surface area contributed by atoms with Crippen molar-refractivity contribution < 1.29 is 19.5 Å². The van der Waals surface area contributed by atoms with E-state index in [-0.39, 0.29) is 11.8 Å². The first kappa shape index (κ1) is 16.7. The molecular weight excluding hydrogens is 272 g/mol. The van der Waals surface area contributed by atoms with Crippen LogP contribution >= 0.6 is 0 Å². The van der Waals surface area contributed by atoms with Gasteiger partial charge in [0.05, 0.1) is 5.41 Å². The van der Waals surface area contributed by atoms with Crippen molar-refractivity contribution in [2.75, 3.05) is 5.73 Å². The summed E-state index contributed by atoms with van der Waals surface area (Å²) in [6.45, 7) is 2.94. The first-order chi connectivity index (χ1) is 9.81. The number of carboxylic acids is 1. The highest BCUT2D eigenvalue weighted by atomic mass is 16.4. The average Bonchev–Trinajstić information content (AvgIpc) is 2.40. The molecule has 1 aliphatic heterocycles. The van der Waals surface area contributed by atoms with E-state index in [1.165, 1.54) is 0 Å². The lowest BCUT2D eigenvalue weighted by Crippen LogP contribution is -2.51. The highest BCUT2D eigenvalue weighted by Gasteiger charge is 2.42. The second-order valence-electron chi connectivity index (χ2n) is 4.93. The number of benzene rings is 1. The van der Waals surface area contributed by atoms with Gasteiger partial charge in [0.25, 0.3) is 0 Å². The Balaban J connectivity index is 0.000000491. The van der Waals surface area contributed by atoms with Gasteiger partial charge in [-0.1, -0.05) is 19.1 Å². The van der Waals surface area contributed by atoms with Crippen molar-refractivity contribution in [2.45, 2.75) is 38.5 Å². The van der Waals surface area contributed by atoms with Crippen LogP contribution < -0.4 is 16.2 Å². The Morgan fingerprint density at radius 3 is 2.29 bits per heavy atom. The van der Waals surface area contributed by atoms with Crippen LogP contribution in [0.4, 0.5) is 5.69 Å². The third-order valence-electron chi connectivity index (χ3n) is 3.53. The standard InChI is InChI=1S/C13H16N2O2.C2H4O2/c1-2-13(8-7-11(16)15-12(13)17)9-3-5-10(14)6-4-9;1-2(3)4/h3-6H,2,7-8,14H2,1H3,(H,15,16,17);1H3,(H,3,4)/p-1. The molecule has 0 saturated carbocycles. The fourth-order valence-corrected chi connectivity index (χ4v) is 2.37. The van der Waals surface area contributed by atoms with Gasteiger partial charge in [-0.2, -0.15) is 0 Å². The summed E-state index contributed by atoms with van der Waals surface area (Å²) in [5, 5.41) is 11.3. The largest absolute Gasteiger partial charge is 0.550 e. The van der Waals surface area contributed by atoms with E-state index >= 15 is 0 Å². The van der Waals surface area contributed by atoms with Gasteiger partial charge in [0.2, 0.25) is 11.8 Å². The van der Waals surface area contributed by atoms with Gasteiger partial charge >= 0.3 is 0 Å². The van der Waals surface area contributed by atoms with Crippen molar-refractivity contribution >= 4 is 23.5 Å². The van der Waals surface area contributed by atoms with Crippen LogP contribution in [-0.4, -0.2) is 17.8 Å². The molecule has 6 nitrogen and oxygen atoms in total. The number of hydrogen-bond donors (Lipinski definition) is 2. The molecule has 0 bridgehead atoms. The summed E-state index contributed by atoms with van der Waals surface area (Å²) in [5.74, 6) is -1.46. The Morgan fingerprint density at radius 1 is 1.33 bits per heavy atom. The fourth-order valence-electron chi connectivity index (χ4n) is 2.37. The quantitative estimate of drug-likeness (QED) is 0.593. The van der Waals surface area contributed by atoms with Gasteiger partial charge in [-0.05, 0) is 37.5 Å². The maximum Gasteiger partial charge on any atom is 0.237 e. The second-order valence-corrected chi connectivity index (χ2v) is 4.93. The number of rotatable bonds is 2. The number of nitrogens with two attached hydrogens (primary N) is 1. The molecule has 0 spiro atoms. The monoisotopic (exact) mass is 291 g/mol. The number of carbonyl (C=O) groups is 3. The van der Waals surface area contributed by atoms with Crippen LogP contribution in [0.15, 0.2) is 24.3 Å². The van der Waals surface area contributed by atoms with Crippen molar-refractivity contribution in [3.63, 3.8) is 0 Å². The van der Waals surface area contributed by atoms with Gasteiger partial charge < -0.3 is 15.6 Å². The molecule has 1 aromatic carbocycles. The molecule has 3 N–H and O–H groups in total. The van der Waals surface area contributed by atoms with Gasteiger partial charge in [0, 0.05) is 18.1 Å². The zero-order valence-corrected chi connectivity index (χ0v) is 12.1. The fraction of sp³-hybridized carbons (Fsp3) is 0.400. The molecule has 0 aromatic heterocycles. The number of aliphatic carboxylic acids is 1. The minimum Gasteiger partial charge on any atom is -0.550 e. The Labute approximate surface area is 123 Å². The van der Waals surface area contributed by atoms with Crippen LogP contribution in [0.5, 0.6) is 0 Å².